The molecule has 0 aromatic heterocycles. The average Bonchev–Trinajstić information content (AvgIpc) is 2.03. The summed E-state index contributed by atoms with van der Waals surface area (Å²) in [6.07, 6.45) is 6.81. The highest BCUT2D eigenvalue weighted by Gasteiger charge is 1.98. The minimum atomic E-state index is 1.03. The van der Waals surface area contributed by atoms with E-state index in [0.717, 1.165) is 6.42 Å². The summed E-state index contributed by atoms with van der Waals surface area (Å²) >= 11 is 0. The van der Waals surface area contributed by atoms with Gasteiger partial charge in [-0.05, 0) is 31.4 Å². The molecule has 0 aromatic carbocycles. The number of hydrogen-bond donors (Lipinski definition) is 0. The lowest BCUT2D eigenvalue weighted by Gasteiger charge is -2.07. The fourth-order valence-corrected chi connectivity index (χ4v) is 1.20. The van der Waals surface area contributed by atoms with Crippen molar-refractivity contribution >= 4 is 0 Å². The van der Waals surface area contributed by atoms with Crippen molar-refractivity contribution in [1.82, 2.24) is 0 Å². The van der Waals surface area contributed by atoms with Gasteiger partial charge >= 0.3 is 0 Å². The maximum atomic E-state index is 3.80. The molecule has 0 spiro atoms. The van der Waals surface area contributed by atoms with Crippen LogP contribution in [0.1, 0.15) is 27.2 Å². The molecule has 0 aromatic rings. The molecular weight excluding hydrogens is 144 g/mol. The molecule has 0 nitrogen and oxygen atoms in total. The first-order valence-corrected chi connectivity index (χ1v) is 4.29. The van der Waals surface area contributed by atoms with E-state index in [0.29, 0.717) is 0 Å². The smallest absolute Gasteiger partial charge is 0.0244 e. The van der Waals surface area contributed by atoms with Gasteiger partial charge in [0, 0.05) is 0 Å². The normalized spacial score (nSPS) is 10.8. The Labute approximate surface area is 76.0 Å². The molecule has 0 N–H and O–H groups in total. The molecule has 0 aliphatic carbocycles. The van der Waals surface area contributed by atoms with Gasteiger partial charge in [0.2, 0.25) is 0 Å². The van der Waals surface area contributed by atoms with Gasteiger partial charge in [-0.15, -0.1) is 0 Å². The summed E-state index contributed by atoms with van der Waals surface area (Å²) in [7, 11) is 0. The van der Waals surface area contributed by atoms with E-state index >= 15 is 0 Å². The van der Waals surface area contributed by atoms with Gasteiger partial charge in [-0.25, -0.2) is 0 Å². The molecule has 66 valence electrons. The number of hydrogen-bond acceptors (Lipinski definition) is 0. The van der Waals surface area contributed by atoms with Crippen molar-refractivity contribution in [3.8, 4) is 0 Å². The van der Waals surface area contributed by atoms with Crippen LogP contribution in [0.25, 0.3) is 0 Å². The van der Waals surface area contributed by atoms with Gasteiger partial charge in [0.05, 0.1) is 0 Å². The maximum absolute atomic E-state index is 3.80. The summed E-state index contributed by atoms with van der Waals surface area (Å²) in [5, 5.41) is 0. The van der Waals surface area contributed by atoms with Gasteiger partial charge in [0.1, 0.15) is 0 Å². The lowest BCUT2D eigenvalue weighted by molar-refractivity contribution is 1.10. The Hall–Kier alpha value is -1.04. The van der Waals surface area contributed by atoms with Crippen LogP contribution in [0.3, 0.4) is 0 Å². The molecule has 0 fully saturated rings. The van der Waals surface area contributed by atoms with Crippen molar-refractivity contribution < 1.29 is 0 Å². The van der Waals surface area contributed by atoms with E-state index < -0.39 is 0 Å². The first-order valence-electron chi connectivity index (χ1n) is 4.29. The summed E-state index contributed by atoms with van der Waals surface area (Å²) in [6, 6.07) is 0. The second-order valence-corrected chi connectivity index (χ2v) is 2.90. The van der Waals surface area contributed by atoms with Crippen molar-refractivity contribution in [1.29, 1.82) is 0 Å². The summed E-state index contributed by atoms with van der Waals surface area (Å²) in [5.41, 5.74) is 3.86. The highest BCUT2D eigenvalue weighted by Crippen LogP contribution is 2.18. The second-order valence-electron chi connectivity index (χ2n) is 2.90. The Kier molecular flexibility index (Phi) is 5.11. The molecule has 0 saturated heterocycles. The Morgan fingerprint density at radius 2 is 1.83 bits per heavy atom. The minimum Gasteiger partial charge on any atom is -0.0991 e. The molecule has 0 rings (SSSR count). The summed E-state index contributed by atoms with van der Waals surface area (Å²) in [6.45, 7) is 13.8. The van der Waals surface area contributed by atoms with E-state index in [9.17, 15) is 0 Å². The van der Waals surface area contributed by atoms with Crippen molar-refractivity contribution in [2.75, 3.05) is 0 Å². The van der Waals surface area contributed by atoms with Gasteiger partial charge in [0.25, 0.3) is 0 Å². The fraction of sp³-hybridized carbons (Fsp3) is 0.333. The van der Waals surface area contributed by atoms with Crippen LogP contribution < -0.4 is 0 Å². The summed E-state index contributed by atoms with van der Waals surface area (Å²) in [4.78, 5) is 0. The van der Waals surface area contributed by atoms with Crippen LogP contribution in [0.4, 0.5) is 0 Å². The van der Waals surface area contributed by atoms with Crippen molar-refractivity contribution in [2.24, 2.45) is 0 Å². The van der Waals surface area contributed by atoms with E-state index in [-0.39, 0.29) is 0 Å². The Morgan fingerprint density at radius 3 is 2.08 bits per heavy atom. The third-order valence-corrected chi connectivity index (χ3v) is 1.79. The van der Waals surface area contributed by atoms with E-state index in [1.807, 2.05) is 18.2 Å². The maximum Gasteiger partial charge on any atom is -0.0244 e. The zero-order valence-corrected chi connectivity index (χ0v) is 8.35. The lowest BCUT2D eigenvalue weighted by atomic mass is 9.99. The first kappa shape index (κ1) is 11.0. The van der Waals surface area contributed by atoms with E-state index in [2.05, 4.69) is 33.9 Å². The molecule has 12 heavy (non-hydrogen) atoms. The molecule has 0 radical (unpaired) electrons. The van der Waals surface area contributed by atoms with Crippen LogP contribution >= 0.6 is 0 Å². The number of rotatable bonds is 4. The molecule has 0 unspecified atom stereocenters. The summed E-state index contributed by atoms with van der Waals surface area (Å²) < 4.78 is 0. The molecule has 0 heterocycles. The third-order valence-electron chi connectivity index (χ3n) is 1.79. The zero-order chi connectivity index (χ0) is 9.56. The van der Waals surface area contributed by atoms with Crippen LogP contribution in [0.2, 0.25) is 0 Å². The quantitative estimate of drug-likeness (QED) is 0.547. The Morgan fingerprint density at radius 1 is 1.25 bits per heavy atom. The van der Waals surface area contributed by atoms with Crippen LogP contribution in [0.5, 0.6) is 0 Å². The average molecular weight is 162 g/mol. The number of allylic oxidation sites excluding steroid dienone is 6. The SMILES string of the molecule is C=C/C=C(/CC)C(C=C)=C(C)C. The fourth-order valence-electron chi connectivity index (χ4n) is 1.20. The van der Waals surface area contributed by atoms with Crippen LogP contribution in [-0.2, 0) is 0 Å². The highest BCUT2D eigenvalue weighted by atomic mass is 14.0. The molecule has 0 saturated carbocycles. The molecule has 0 aliphatic heterocycles. The Balaban J connectivity index is 4.95. The zero-order valence-electron chi connectivity index (χ0n) is 8.35. The first-order chi connectivity index (χ1) is 5.67. The molecule has 0 atom stereocenters. The van der Waals surface area contributed by atoms with Gasteiger partial charge in [-0.3, -0.25) is 0 Å². The standard InChI is InChI=1S/C12H18/c1-6-9-11(7-2)12(8-3)10(4)5/h6,8-9H,1,3,7H2,2,4-5H3/b11-9-. The molecular formula is C12H18. The van der Waals surface area contributed by atoms with E-state index in [1.54, 1.807) is 0 Å². The highest BCUT2D eigenvalue weighted by molar-refractivity contribution is 5.42. The van der Waals surface area contributed by atoms with Crippen molar-refractivity contribution in [3.63, 3.8) is 0 Å². The topological polar surface area (TPSA) is 0 Å². The molecule has 0 aliphatic rings. The minimum absolute atomic E-state index is 1.03. The predicted octanol–water partition coefficient (Wildman–Crippen LogP) is 4.03. The molecule has 0 heteroatoms. The molecule has 0 bridgehead atoms. The summed E-state index contributed by atoms with van der Waals surface area (Å²) in [5.74, 6) is 0. The third kappa shape index (κ3) is 2.91. The molecule has 0 amide bonds. The van der Waals surface area contributed by atoms with Gasteiger partial charge in [-0.2, -0.15) is 0 Å². The monoisotopic (exact) mass is 162 g/mol. The Bertz CT molecular complexity index is 222. The van der Waals surface area contributed by atoms with Crippen molar-refractivity contribution in [2.45, 2.75) is 27.2 Å². The second kappa shape index (κ2) is 5.59. The predicted molar refractivity (Wildman–Crippen MR) is 57.1 cm³/mol. The van der Waals surface area contributed by atoms with Gasteiger partial charge in [0.15, 0.2) is 0 Å². The van der Waals surface area contributed by atoms with E-state index in [1.165, 1.54) is 16.7 Å². The van der Waals surface area contributed by atoms with Crippen LogP contribution in [0.15, 0.2) is 48.1 Å². The largest absolute Gasteiger partial charge is 0.0991 e. The lowest BCUT2D eigenvalue weighted by Crippen LogP contribution is -1.87. The van der Waals surface area contributed by atoms with Crippen LogP contribution in [-0.4, -0.2) is 0 Å². The van der Waals surface area contributed by atoms with Gasteiger partial charge < -0.3 is 0 Å². The van der Waals surface area contributed by atoms with E-state index in [4.69, 9.17) is 0 Å². The van der Waals surface area contributed by atoms with Crippen LogP contribution in [0, 0.1) is 0 Å². The van der Waals surface area contributed by atoms with Gasteiger partial charge in [-0.1, -0.05) is 43.9 Å². The van der Waals surface area contributed by atoms with Crippen molar-refractivity contribution in [3.05, 3.63) is 48.1 Å².